The van der Waals surface area contributed by atoms with Crippen LogP contribution in [0.15, 0.2) is 25.3 Å². The van der Waals surface area contributed by atoms with E-state index in [2.05, 4.69) is 35.2 Å². The molecule has 0 spiro atoms. The molecule has 0 saturated heterocycles. The molecular weight excluding hydrogens is 350 g/mol. The predicted molar refractivity (Wildman–Crippen MR) is 108 cm³/mol. The van der Waals surface area contributed by atoms with Crippen molar-refractivity contribution in [3.63, 3.8) is 0 Å². The van der Waals surface area contributed by atoms with Crippen LogP contribution in [0.1, 0.15) is 83.5 Å². The van der Waals surface area contributed by atoms with Gasteiger partial charge in [0, 0.05) is 0 Å². The van der Waals surface area contributed by atoms with Crippen LogP contribution in [0.25, 0.3) is 0 Å². The fraction of sp³-hybridized carbons (Fsp3) is 0.800. The fourth-order valence-electron chi connectivity index (χ4n) is 2.83. The minimum atomic E-state index is -4.41. The van der Waals surface area contributed by atoms with E-state index in [1.807, 2.05) is 0 Å². The van der Waals surface area contributed by atoms with Gasteiger partial charge in [0.25, 0.3) is 0 Å². The number of allylic oxidation sites excluding steroid dienone is 2. The SMILES string of the molecule is C=CCC(CC=C)CCCCCCCCCCCC[NH3+].COS(=O)(=O)[O-]. The summed E-state index contributed by atoms with van der Waals surface area (Å²) in [5.41, 5.74) is 3.89. The molecule has 0 bridgehead atoms. The first-order chi connectivity index (χ1) is 12.4. The van der Waals surface area contributed by atoms with Crippen molar-refractivity contribution in [3.05, 3.63) is 25.3 Å². The molecule has 6 heteroatoms. The molecule has 0 amide bonds. The molecule has 5 nitrogen and oxygen atoms in total. The maximum atomic E-state index is 9.22. The summed E-state index contributed by atoms with van der Waals surface area (Å²) in [5, 5.41) is 0. The van der Waals surface area contributed by atoms with Gasteiger partial charge in [0.05, 0.1) is 13.7 Å². The van der Waals surface area contributed by atoms with Gasteiger partial charge in [-0.3, -0.25) is 4.18 Å². The van der Waals surface area contributed by atoms with Gasteiger partial charge in [-0.25, -0.2) is 8.42 Å². The zero-order chi connectivity index (χ0) is 20.1. The lowest BCUT2D eigenvalue weighted by molar-refractivity contribution is -0.368. The smallest absolute Gasteiger partial charge is 0.217 e. The lowest BCUT2D eigenvalue weighted by Gasteiger charge is -2.12. The topological polar surface area (TPSA) is 94.1 Å². The Kier molecular flexibility index (Phi) is 21.8. The molecule has 0 aromatic carbocycles. The highest BCUT2D eigenvalue weighted by Gasteiger charge is 2.04. The van der Waals surface area contributed by atoms with Crippen LogP contribution in [0, 0.1) is 5.92 Å². The van der Waals surface area contributed by atoms with E-state index >= 15 is 0 Å². The van der Waals surface area contributed by atoms with Crippen LogP contribution in [-0.4, -0.2) is 26.6 Å². The second kappa shape index (κ2) is 20.6. The van der Waals surface area contributed by atoms with Crippen LogP contribution in [0.3, 0.4) is 0 Å². The van der Waals surface area contributed by atoms with Gasteiger partial charge in [-0.05, 0) is 38.0 Å². The Balaban J connectivity index is 0. The van der Waals surface area contributed by atoms with E-state index in [-0.39, 0.29) is 0 Å². The summed E-state index contributed by atoms with van der Waals surface area (Å²) < 4.78 is 31.0. The average molecular weight is 392 g/mol. The molecule has 0 atom stereocenters. The highest BCUT2D eigenvalue weighted by atomic mass is 32.3. The minimum absolute atomic E-state index is 0.790. The largest absolute Gasteiger partial charge is 0.726 e. The second-order valence-corrected chi connectivity index (χ2v) is 7.82. The third-order valence-corrected chi connectivity index (χ3v) is 4.72. The Morgan fingerprint density at radius 3 is 1.54 bits per heavy atom. The van der Waals surface area contributed by atoms with Crippen LogP contribution >= 0.6 is 0 Å². The fourth-order valence-corrected chi connectivity index (χ4v) is 2.83. The Labute approximate surface area is 162 Å². The van der Waals surface area contributed by atoms with Crippen LogP contribution < -0.4 is 5.73 Å². The Hall–Kier alpha value is -0.690. The van der Waals surface area contributed by atoms with Gasteiger partial charge >= 0.3 is 0 Å². The van der Waals surface area contributed by atoms with Gasteiger partial charge in [-0.1, -0.05) is 63.5 Å². The van der Waals surface area contributed by atoms with Crippen molar-refractivity contribution in [2.24, 2.45) is 5.92 Å². The molecule has 0 aliphatic rings. The molecule has 26 heavy (non-hydrogen) atoms. The molecule has 0 aliphatic heterocycles. The first kappa shape index (κ1) is 27.5. The Morgan fingerprint density at radius 1 is 0.885 bits per heavy atom. The van der Waals surface area contributed by atoms with Crippen molar-refractivity contribution in [3.8, 4) is 0 Å². The molecule has 0 saturated carbocycles. The van der Waals surface area contributed by atoms with E-state index < -0.39 is 10.4 Å². The van der Waals surface area contributed by atoms with Gasteiger partial charge in [0.1, 0.15) is 0 Å². The van der Waals surface area contributed by atoms with Crippen molar-refractivity contribution < 1.29 is 22.9 Å². The van der Waals surface area contributed by atoms with E-state index in [1.165, 1.54) is 70.6 Å². The lowest BCUT2D eigenvalue weighted by atomic mass is 9.94. The number of quaternary nitrogens is 1. The van der Waals surface area contributed by atoms with Gasteiger partial charge in [0.15, 0.2) is 0 Å². The molecule has 0 aromatic heterocycles. The maximum Gasteiger partial charge on any atom is 0.217 e. The molecule has 0 heterocycles. The zero-order valence-corrected chi connectivity index (χ0v) is 17.6. The van der Waals surface area contributed by atoms with Gasteiger partial charge in [0.2, 0.25) is 10.4 Å². The molecule has 0 aliphatic carbocycles. The molecule has 0 aromatic rings. The van der Waals surface area contributed by atoms with Gasteiger partial charge in [-0.2, -0.15) is 0 Å². The van der Waals surface area contributed by atoms with E-state index in [0.717, 1.165) is 32.4 Å². The summed E-state index contributed by atoms with van der Waals surface area (Å²) in [4.78, 5) is 0. The number of rotatable bonds is 17. The summed E-state index contributed by atoms with van der Waals surface area (Å²) in [6.45, 7) is 8.81. The summed E-state index contributed by atoms with van der Waals surface area (Å²) in [7, 11) is -3.60. The first-order valence-electron chi connectivity index (χ1n) is 9.93. The van der Waals surface area contributed by atoms with Crippen molar-refractivity contribution in [1.82, 2.24) is 0 Å². The standard InChI is InChI=1S/C19H37N.CH4O4S/c1-3-15-19(16-4-2)17-13-11-9-7-5-6-8-10-12-14-18-20;1-5-6(2,3)4/h3-4,19H,1-2,5-18,20H2;1H3,(H,2,3,4). The Bertz CT molecular complexity index is 400. The number of hydrogen-bond donors (Lipinski definition) is 1. The number of unbranched alkanes of at least 4 members (excludes halogenated alkanes) is 9. The number of hydrogen-bond acceptors (Lipinski definition) is 4. The molecule has 0 fully saturated rings. The van der Waals surface area contributed by atoms with E-state index in [4.69, 9.17) is 0 Å². The van der Waals surface area contributed by atoms with Gasteiger partial charge in [-0.15, -0.1) is 13.2 Å². The molecule has 0 unspecified atom stereocenters. The minimum Gasteiger partial charge on any atom is -0.726 e. The van der Waals surface area contributed by atoms with Crippen LogP contribution in [0.4, 0.5) is 0 Å². The third kappa shape index (κ3) is 25.5. The summed E-state index contributed by atoms with van der Waals surface area (Å²) in [6.07, 6.45) is 21.8. The highest BCUT2D eigenvalue weighted by Crippen LogP contribution is 2.19. The molecule has 0 rings (SSSR count). The van der Waals surface area contributed by atoms with Crippen LogP contribution in [-0.2, 0) is 14.6 Å². The van der Waals surface area contributed by atoms with Crippen molar-refractivity contribution in [1.29, 1.82) is 0 Å². The molecular formula is C20H41NO4S. The summed E-state index contributed by atoms with van der Waals surface area (Å²) in [5.74, 6) is 0.790. The second-order valence-electron chi connectivity index (χ2n) is 6.67. The van der Waals surface area contributed by atoms with E-state index in [0.29, 0.717) is 0 Å². The predicted octanol–water partition coefficient (Wildman–Crippen LogP) is 4.38. The van der Waals surface area contributed by atoms with Crippen molar-refractivity contribution in [2.45, 2.75) is 83.5 Å². The zero-order valence-electron chi connectivity index (χ0n) is 16.8. The van der Waals surface area contributed by atoms with E-state index in [9.17, 15) is 13.0 Å². The quantitative estimate of drug-likeness (QED) is 0.172. The van der Waals surface area contributed by atoms with Crippen LogP contribution in [0.5, 0.6) is 0 Å². The third-order valence-electron chi connectivity index (χ3n) is 4.32. The average Bonchev–Trinajstić information content (AvgIpc) is 2.60. The lowest BCUT2D eigenvalue weighted by Crippen LogP contribution is -2.50. The summed E-state index contributed by atoms with van der Waals surface area (Å²) in [6, 6.07) is 0. The maximum absolute atomic E-state index is 9.22. The van der Waals surface area contributed by atoms with Crippen molar-refractivity contribution in [2.75, 3.05) is 13.7 Å². The highest BCUT2D eigenvalue weighted by molar-refractivity contribution is 7.80. The van der Waals surface area contributed by atoms with Gasteiger partial charge < -0.3 is 10.3 Å². The first-order valence-corrected chi connectivity index (χ1v) is 11.3. The van der Waals surface area contributed by atoms with Crippen molar-refractivity contribution >= 4 is 10.4 Å². The normalized spacial score (nSPS) is 11.1. The van der Waals surface area contributed by atoms with E-state index in [1.54, 1.807) is 0 Å². The molecule has 0 radical (unpaired) electrons. The molecule has 156 valence electrons. The Morgan fingerprint density at radius 2 is 1.23 bits per heavy atom. The van der Waals surface area contributed by atoms with Crippen LogP contribution in [0.2, 0.25) is 0 Å². The molecule has 3 N–H and O–H groups in total. The monoisotopic (exact) mass is 391 g/mol. The summed E-state index contributed by atoms with van der Waals surface area (Å²) >= 11 is 0.